The monoisotopic (exact) mass is 409 g/mol. The molecule has 0 bridgehead atoms. The van der Waals surface area contributed by atoms with E-state index >= 15 is 0 Å². The van der Waals surface area contributed by atoms with Gasteiger partial charge in [0.25, 0.3) is 0 Å². The van der Waals surface area contributed by atoms with Gasteiger partial charge in [-0.1, -0.05) is 19.2 Å². The molecule has 22 heavy (non-hydrogen) atoms. The van der Waals surface area contributed by atoms with Crippen LogP contribution in [-0.2, 0) is 17.4 Å². The maximum atomic E-state index is 6.14. The number of hydrogen-bond acceptors (Lipinski definition) is 1. The number of benzene rings is 1. The zero-order valence-corrected chi connectivity index (χ0v) is 17.0. The van der Waals surface area contributed by atoms with Crippen LogP contribution in [0.5, 0.6) is 0 Å². The number of rotatable bonds is 1. The fourth-order valence-electron chi connectivity index (χ4n) is 1.77. The maximum absolute atomic E-state index is 6.14. The van der Waals surface area contributed by atoms with Crippen molar-refractivity contribution in [3.05, 3.63) is 66.0 Å². The normalized spacial score (nSPS) is 12.0. The van der Waals surface area contributed by atoms with Crippen molar-refractivity contribution in [2.75, 3.05) is 0 Å². The van der Waals surface area contributed by atoms with Gasteiger partial charge in [0, 0.05) is 6.20 Å². The molecule has 1 aromatic heterocycles. The van der Waals surface area contributed by atoms with Crippen LogP contribution in [0.2, 0.25) is 13.1 Å². The van der Waals surface area contributed by atoms with Crippen LogP contribution in [0.25, 0.3) is 10.9 Å². The van der Waals surface area contributed by atoms with Crippen LogP contribution < -0.4 is 0 Å². The Morgan fingerprint density at radius 3 is 2.45 bits per heavy atom. The van der Waals surface area contributed by atoms with Gasteiger partial charge in [0.2, 0.25) is 0 Å². The maximum Gasteiger partial charge on any atom is 2.00 e. The summed E-state index contributed by atoms with van der Waals surface area (Å²) in [5.41, 5.74) is 1.03. The molecular formula is C16H18Cl3CrNSi. The molecule has 0 N–H and O–H groups in total. The van der Waals surface area contributed by atoms with Crippen molar-refractivity contribution in [3.63, 3.8) is 0 Å². The minimum Gasteiger partial charge on any atom is -0.283 e. The number of nitrogens with zero attached hydrogens (tertiary/aromatic N) is 1. The molecule has 1 nitrogen and oxygen atoms in total. The zero-order chi connectivity index (χ0) is 13.7. The van der Waals surface area contributed by atoms with E-state index in [4.69, 9.17) is 11.1 Å². The summed E-state index contributed by atoms with van der Waals surface area (Å²) in [6.45, 7) is 4.26. The van der Waals surface area contributed by atoms with Gasteiger partial charge in [-0.05, 0) is 5.52 Å². The van der Waals surface area contributed by atoms with Gasteiger partial charge in [-0.25, -0.2) is 6.08 Å². The Balaban J connectivity index is 0. The summed E-state index contributed by atoms with van der Waals surface area (Å²) in [7, 11) is -1.51. The van der Waals surface area contributed by atoms with Crippen molar-refractivity contribution in [1.82, 2.24) is 4.98 Å². The Hall–Kier alpha value is -0.271. The van der Waals surface area contributed by atoms with Crippen LogP contribution in [-0.4, -0.2) is 12.4 Å². The van der Waals surface area contributed by atoms with E-state index in [2.05, 4.69) is 36.3 Å². The van der Waals surface area contributed by atoms with E-state index in [0.717, 1.165) is 17.3 Å². The van der Waals surface area contributed by atoms with E-state index in [-0.39, 0.29) is 42.2 Å². The summed E-state index contributed by atoms with van der Waals surface area (Å²) in [5, 5.41) is 2.47. The molecule has 1 heterocycles. The summed E-state index contributed by atoms with van der Waals surface area (Å²) in [4.78, 5) is 4.16. The Morgan fingerprint density at radius 1 is 1.23 bits per heavy atom. The molecule has 0 saturated heterocycles. The minimum atomic E-state index is -1.51. The Kier molecular flexibility index (Phi) is 12.3. The first-order chi connectivity index (χ1) is 9.07. The zero-order valence-electron chi connectivity index (χ0n) is 12.4. The van der Waals surface area contributed by atoms with E-state index < -0.39 is 7.38 Å². The van der Waals surface area contributed by atoms with E-state index in [1.807, 2.05) is 36.4 Å². The van der Waals surface area contributed by atoms with Gasteiger partial charge in [-0.15, -0.1) is 48.8 Å². The third kappa shape index (κ3) is 7.33. The van der Waals surface area contributed by atoms with Crippen LogP contribution in [0.3, 0.4) is 0 Å². The van der Waals surface area contributed by atoms with Crippen molar-refractivity contribution in [3.8, 4) is 0 Å². The molecule has 1 aromatic carbocycles. The molecule has 0 aliphatic heterocycles. The van der Waals surface area contributed by atoms with Gasteiger partial charge in [0.05, 0.1) is 7.38 Å². The second kappa shape index (κ2) is 11.3. The average Bonchev–Trinajstić information content (AvgIpc) is 2.93. The molecule has 2 aromatic rings. The Bertz CT molecular complexity index is 559. The summed E-state index contributed by atoms with van der Waals surface area (Å²) in [5.74, 6) is 0. The van der Waals surface area contributed by atoms with Gasteiger partial charge >= 0.3 is 17.4 Å². The molecule has 0 spiro atoms. The van der Waals surface area contributed by atoms with Crippen LogP contribution in [0.1, 0.15) is 6.42 Å². The molecule has 118 valence electrons. The fraction of sp³-hybridized carbons (Fsp3) is 0.188. The molecule has 6 heteroatoms. The summed E-state index contributed by atoms with van der Waals surface area (Å²) in [6, 6.07) is 12.7. The molecule has 0 radical (unpaired) electrons. The van der Waals surface area contributed by atoms with Crippen molar-refractivity contribution < 1.29 is 17.4 Å². The van der Waals surface area contributed by atoms with Gasteiger partial charge in [0.15, 0.2) is 0 Å². The smallest absolute Gasteiger partial charge is 0.283 e. The first-order valence-corrected chi connectivity index (χ1v) is 10.3. The van der Waals surface area contributed by atoms with E-state index in [1.54, 1.807) is 6.20 Å². The molecule has 0 atom stereocenters. The predicted octanol–water partition coefficient (Wildman–Crippen LogP) is 5.54. The number of pyridine rings is 1. The van der Waals surface area contributed by atoms with Crippen molar-refractivity contribution in [2.24, 2.45) is 0 Å². The first-order valence-electron chi connectivity index (χ1n) is 6.24. The Labute approximate surface area is 161 Å². The van der Waals surface area contributed by atoms with Gasteiger partial charge in [-0.2, -0.15) is 40.6 Å². The number of hydrogen-bond donors (Lipinski definition) is 0. The van der Waals surface area contributed by atoms with Crippen LogP contribution in [0, 0.1) is 12.1 Å². The van der Waals surface area contributed by atoms with E-state index in [9.17, 15) is 0 Å². The second-order valence-corrected chi connectivity index (χ2v) is 11.2. The number of allylic oxidation sites excluding steroid dienone is 4. The molecule has 1 aliphatic carbocycles. The molecule has 0 unspecified atom stereocenters. The summed E-state index contributed by atoms with van der Waals surface area (Å²) in [6.07, 6.45) is 10.1. The van der Waals surface area contributed by atoms with Gasteiger partial charge in [-0.3, -0.25) is 11.1 Å². The number of halogens is 3. The second-order valence-electron chi connectivity index (χ2n) is 4.81. The minimum absolute atomic E-state index is 0. The van der Waals surface area contributed by atoms with Crippen molar-refractivity contribution in [2.45, 2.75) is 19.5 Å². The fourth-order valence-corrected chi connectivity index (χ4v) is 3.20. The van der Waals surface area contributed by atoms with Crippen LogP contribution in [0.4, 0.5) is 0 Å². The Morgan fingerprint density at radius 2 is 1.95 bits per heavy atom. The van der Waals surface area contributed by atoms with Crippen LogP contribution in [0.15, 0.2) is 53.9 Å². The molecule has 0 amide bonds. The standard InChI is InChI=1S/C9H6N.C7H10ClSi.2ClH.Cr/c1-2-6-9-8(4-1)5-3-7-10-9;1-9(2,8)7-5-3-4-6-7;;;/h2-7H;5-6H,3H2,1-2H3;2*1H;/q2*-1;;;+2. The van der Waals surface area contributed by atoms with Crippen molar-refractivity contribution >= 4 is 54.2 Å². The summed E-state index contributed by atoms with van der Waals surface area (Å²) >= 11 is 6.14. The van der Waals surface area contributed by atoms with Crippen molar-refractivity contribution in [1.29, 1.82) is 0 Å². The molecule has 0 fully saturated rings. The van der Waals surface area contributed by atoms with E-state index in [1.165, 1.54) is 5.20 Å². The van der Waals surface area contributed by atoms with E-state index in [0.29, 0.717) is 0 Å². The number of fused-ring (bicyclic) bond motifs is 1. The van der Waals surface area contributed by atoms with Gasteiger partial charge in [0.1, 0.15) is 0 Å². The summed E-state index contributed by atoms with van der Waals surface area (Å²) < 4.78 is 0. The van der Waals surface area contributed by atoms with Gasteiger partial charge < -0.3 is 0 Å². The molecular weight excluding hydrogens is 393 g/mol. The third-order valence-corrected chi connectivity index (χ3v) is 5.21. The SMILES string of the molecule is C[Si](C)(Cl)C1=CC[C-]=C1.Cl.Cl.[Cr+2].[c-]1ccc2ncccc2c1. The van der Waals surface area contributed by atoms with Crippen LogP contribution >= 0.6 is 35.9 Å². The largest absolute Gasteiger partial charge is 2.00 e. The third-order valence-electron chi connectivity index (χ3n) is 2.83. The molecule has 1 aliphatic rings. The predicted molar refractivity (Wildman–Crippen MR) is 98.9 cm³/mol. The quantitative estimate of drug-likeness (QED) is 0.342. The first kappa shape index (κ1) is 24.0. The molecule has 3 rings (SSSR count). The topological polar surface area (TPSA) is 12.9 Å². The number of aromatic nitrogens is 1. The molecule has 0 saturated carbocycles. The average molecular weight is 411 g/mol.